The highest BCUT2D eigenvalue weighted by Gasteiger charge is 2.43. The van der Waals surface area contributed by atoms with E-state index in [0.717, 1.165) is 34.9 Å². The van der Waals surface area contributed by atoms with E-state index < -0.39 is 0 Å². The molecule has 154 valence electrons. The third-order valence-electron chi connectivity index (χ3n) is 6.92. The Balaban J connectivity index is 1.19. The topological polar surface area (TPSA) is 71.2 Å². The van der Waals surface area contributed by atoms with Gasteiger partial charge in [-0.25, -0.2) is 15.0 Å². The number of nitrogens with zero attached hydrogens (tertiary/aromatic N) is 5. The molecule has 4 heterocycles. The Kier molecular flexibility index (Phi) is 5.30. The highest BCUT2D eigenvalue weighted by molar-refractivity contribution is 7.99. The minimum Gasteiger partial charge on any atom is -0.382 e. The number of pyridine rings is 1. The fourth-order valence-electron chi connectivity index (χ4n) is 4.81. The first-order valence-electron chi connectivity index (χ1n) is 10.5. The molecule has 2 saturated heterocycles. The highest BCUT2D eigenvalue weighted by Crippen LogP contribution is 2.43. The van der Waals surface area contributed by atoms with Gasteiger partial charge in [0.05, 0.1) is 17.4 Å². The number of piperidine rings is 1. The molecule has 1 saturated carbocycles. The predicted molar refractivity (Wildman–Crippen MR) is 118 cm³/mol. The third kappa shape index (κ3) is 3.92. The smallest absolute Gasteiger partial charge is 0.147 e. The van der Waals surface area contributed by atoms with Crippen LogP contribution in [0.2, 0.25) is 5.02 Å². The van der Waals surface area contributed by atoms with E-state index in [-0.39, 0.29) is 0 Å². The average Bonchev–Trinajstić information content (AvgIpc) is 3.08. The maximum absolute atomic E-state index is 6.23. The van der Waals surface area contributed by atoms with Gasteiger partial charge in [0, 0.05) is 36.8 Å². The Morgan fingerprint density at radius 2 is 1.86 bits per heavy atom. The second-order valence-electron chi connectivity index (χ2n) is 8.62. The van der Waals surface area contributed by atoms with Crippen LogP contribution in [0.25, 0.3) is 0 Å². The summed E-state index contributed by atoms with van der Waals surface area (Å²) in [5, 5.41) is 1.28. The number of aromatic nitrogens is 3. The van der Waals surface area contributed by atoms with Gasteiger partial charge < -0.3 is 10.6 Å². The van der Waals surface area contributed by atoms with Gasteiger partial charge in [0.1, 0.15) is 16.7 Å². The predicted octanol–water partition coefficient (Wildman–Crippen LogP) is 4.10. The molecule has 6 nitrogen and oxygen atoms in total. The van der Waals surface area contributed by atoms with Gasteiger partial charge in [0.25, 0.3) is 0 Å². The molecule has 29 heavy (non-hydrogen) atoms. The molecule has 0 radical (unpaired) electrons. The summed E-state index contributed by atoms with van der Waals surface area (Å²) in [6, 6.07) is 2.73. The molecule has 2 N–H and O–H groups in total. The summed E-state index contributed by atoms with van der Waals surface area (Å²) >= 11 is 7.69. The second-order valence-corrected chi connectivity index (χ2v) is 10.1. The summed E-state index contributed by atoms with van der Waals surface area (Å²) < 4.78 is 0. The number of anilines is 2. The van der Waals surface area contributed by atoms with Crippen molar-refractivity contribution in [3.63, 3.8) is 0 Å². The average molecular weight is 431 g/mol. The first-order valence-corrected chi connectivity index (χ1v) is 11.7. The van der Waals surface area contributed by atoms with Crippen LogP contribution in [0.5, 0.6) is 0 Å². The summed E-state index contributed by atoms with van der Waals surface area (Å²) in [4.78, 5) is 19.3. The molecule has 0 bridgehead atoms. The van der Waals surface area contributed by atoms with Crippen molar-refractivity contribution in [2.75, 3.05) is 36.8 Å². The van der Waals surface area contributed by atoms with Gasteiger partial charge in [-0.1, -0.05) is 29.8 Å². The Bertz CT molecular complexity index is 864. The van der Waals surface area contributed by atoms with Gasteiger partial charge in [-0.05, 0) is 50.1 Å². The van der Waals surface area contributed by atoms with Gasteiger partial charge in [-0.2, -0.15) is 0 Å². The van der Waals surface area contributed by atoms with Gasteiger partial charge in [-0.3, -0.25) is 4.90 Å². The van der Waals surface area contributed by atoms with Crippen molar-refractivity contribution in [1.82, 2.24) is 19.9 Å². The summed E-state index contributed by atoms with van der Waals surface area (Å²) in [7, 11) is 0. The van der Waals surface area contributed by atoms with Crippen molar-refractivity contribution in [3.05, 3.63) is 29.7 Å². The summed E-state index contributed by atoms with van der Waals surface area (Å²) in [5.41, 5.74) is 6.31. The first-order chi connectivity index (χ1) is 14.1. The van der Waals surface area contributed by atoms with Crippen molar-refractivity contribution >= 4 is 35.0 Å². The Hall–Kier alpha value is -1.57. The standard InChI is InChI=1S/C21H27ClN6S/c22-19-16(4-8-24-20(19)23)29-18-13-25-17(12-26-18)27-9-5-21(6-10-27)7-11-28(14-21)15-2-1-3-15/h4,8,12-13,15H,1-3,5-7,9-11,14H2,(H2,23,24). The van der Waals surface area contributed by atoms with Crippen LogP contribution in [-0.4, -0.2) is 52.1 Å². The molecule has 0 aromatic carbocycles. The normalized spacial score (nSPS) is 22.2. The number of hydrogen-bond acceptors (Lipinski definition) is 7. The largest absolute Gasteiger partial charge is 0.382 e. The zero-order chi connectivity index (χ0) is 19.8. The maximum atomic E-state index is 6.23. The summed E-state index contributed by atoms with van der Waals surface area (Å²) in [6.45, 7) is 4.76. The highest BCUT2D eigenvalue weighted by atomic mass is 35.5. The van der Waals surface area contributed by atoms with Crippen LogP contribution >= 0.6 is 23.4 Å². The Morgan fingerprint density at radius 3 is 2.55 bits per heavy atom. The van der Waals surface area contributed by atoms with E-state index in [9.17, 15) is 0 Å². The minimum atomic E-state index is 0.339. The van der Waals surface area contributed by atoms with E-state index in [2.05, 4.69) is 24.8 Å². The summed E-state index contributed by atoms with van der Waals surface area (Å²) in [6.07, 6.45) is 13.5. The van der Waals surface area contributed by atoms with Crippen molar-refractivity contribution in [3.8, 4) is 0 Å². The van der Waals surface area contributed by atoms with Gasteiger partial charge in [0.2, 0.25) is 0 Å². The van der Waals surface area contributed by atoms with Crippen LogP contribution < -0.4 is 10.6 Å². The molecular weight excluding hydrogens is 404 g/mol. The van der Waals surface area contributed by atoms with Gasteiger partial charge in [-0.15, -0.1) is 0 Å². The molecule has 8 heteroatoms. The third-order valence-corrected chi connectivity index (χ3v) is 8.41. The van der Waals surface area contributed by atoms with Crippen LogP contribution in [0.4, 0.5) is 11.6 Å². The molecule has 0 amide bonds. The number of halogens is 1. The SMILES string of the molecule is Nc1nccc(Sc2cnc(N3CCC4(CC3)CCN(C3CCC3)C4)cn2)c1Cl. The van der Waals surface area contributed by atoms with Crippen LogP contribution in [0.15, 0.2) is 34.6 Å². The van der Waals surface area contributed by atoms with E-state index >= 15 is 0 Å². The molecule has 2 aromatic heterocycles. The quantitative estimate of drug-likeness (QED) is 0.782. The van der Waals surface area contributed by atoms with E-state index in [1.165, 1.54) is 63.4 Å². The molecule has 3 aliphatic rings. The van der Waals surface area contributed by atoms with Crippen LogP contribution in [0.1, 0.15) is 38.5 Å². The van der Waals surface area contributed by atoms with E-state index in [1.54, 1.807) is 6.20 Å². The molecule has 0 unspecified atom stereocenters. The Labute approximate surface area is 181 Å². The van der Waals surface area contributed by atoms with Gasteiger partial charge in [0.15, 0.2) is 0 Å². The van der Waals surface area contributed by atoms with Crippen molar-refractivity contribution in [1.29, 1.82) is 0 Å². The van der Waals surface area contributed by atoms with Gasteiger partial charge >= 0.3 is 0 Å². The molecule has 5 rings (SSSR count). The zero-order valence-corrected chi connectivity index (χ0v) is 18.1. The number of likely N-dealkylation sites (tertiary alicyclic amines) is 1. The van der Waals surface area contributed by atoms with Crippen molar-refractivity contribution < 1.29 is 0 Å². The molecular formula is C21H27ClN6S. The zero-order valence-electron chi connectivity index (χ0n) is 16.6. The molecule has 2 aromatic rings. The number of nitrogen functional groups attached to an aromatic ring is 1. The van der Waals surface area contributed by atoms with Crippen LogP contribution in [-0.2, 0) is 0 Å². The molecule has 1 spiro atoms. The lowest BCUT2D eigenvalue weighted by Crippen LogP contribution is -2.44. The summed E-state index contributed by atoms with van der Waals surface area (Å²) in [5.74, 6) is 1.31. The number of hydrogen-bond donors (Lipinski definition) is 1. The lowest BCUT2D eigenvalue weighted by atomic mass is 9.77. The van der Waals surface area contributed by atoms with E-state index in [0.29, 0.717) is 16.3 Å². The number of rotatable bonds is 4. The molecule has 1 aliphatic carbocycles. The molecule has 0 atom stereocenters. The fraction of sp³-hybridized carbons (Fsp3) is 0.571. The second kappa shape index (κ2) is 7.93. The lowest BCUT2D eigenvalue weighted by molar-refractivity contribution is 0.127. The van der Waals surface area contributed by atoms with Crippen LogP contribution in [0, 0.1) is 5.41 Å². The monoisotopic (exact) mass is 430 g/mol. The van der Waals surface area contributed by atoms with Crippen molar-refractivity contribution in [2.45, 2.75) is 54.5 Å². The van der Waals surface area contributed by atoms with E-state index in [4.69, 9.17) is 17.3 Å². The number of nitrogens with two attached hydrogens (primary N) is 1. The van der Waals surface area contributed by atoms with E-state index in [1.807, 2.05) is 18.5 Å². The maximum Gasteiger partial charge on any atom is 0.147 e. The Morgan fingerprint density at radius 1 is 1.07 bits per heavy atom. The molecule has 3 fully saturated rings. The lowest BCUT2D eigenvalue weighted by Gasteiger charge is -2.41. The fourth-order valence-corrected chi connectivity index (χ4v) is 5.80. The minimum absolute atomic E-state index is 0.339. The van der Waals surface area contributed by atoms with Crippen molar-refractivity contribution in [2.24, 2.45) is 5.41 Å². The van der Waals surface area contributed by atoms with Crippen LogP contribution in [0.3, 0.4) is 0 Å². The molecule has 2 aliphatic heterocycles. The first kappa shape index (κ1) is 19.4.